The fourth-order valence-electron chi connectivity index (χ4n) is 1.22. The summed E-state index contributed by atoms with van der Waals surface area (Å²) in [6.07, 6.45) is 0. The Bertz CT molecular complexity index is 293. The van der Waals surface area contributed by atoms with Gasteiger partial charge in [-0.3, -0.25) is 20.9 Å². The van der Waals surface area contributed by atoms with Crippen molar-refractivity contribution in [3.05, 3.63) is 0 Å². The first-order chi connectivity index (χ1) is 10.7. The van der Waals surface area contributed by atoms with Crippen LogP contribution in [0.2, 0.25) is 0 Å². The second kappa shape index (κ2) is 16.1. The molecule has 0 saturated heterocycles. The monoisotopic (exact) mass is 322 g/mol. The van der Waals surface area contributed by atoms with Gasteiger partial charge in [-0.05, 0) is 0 Å². The van der Waals surface area contributed by atoms with Gasteiger partial charge in [-0.15, -0.1) is 0 Å². The SMILES string of the molecule is NNCCOCCOCC(=O)NCCOCCOCC(N)=O. The van der Waals surface area contributed by atoms with Gasteiger partial charge >= 0.3 is 0 Å². The van der Waals surface area contributed by atoms with Crippen LogP contribution in [0.4, 0.5) is 0 Å². The molecule has 0 radical (unpaired) electrons. The van der Waals surface area contributed by atoms with E-state index in [2.05, 4.69) is 10.7 Å². The van der Waals surface area contributed by atoms with Gasteiger partial charge in [0, 0.05) is 13.1 Å². The van der Waals surface area contributed by atoms with Crippen LogP contribution < -0.4 is 22.3 Å². The van der Waals surface area contributed by atoms with Crippen molar-refractivity contribution in [3.63, 3.8) is 0 Å². The van der Waals surface area contributed by atoms with Gasteiger partial charge in [-0.2, -0.15) is 0 Å². The highest BCUT2D eigenvalue weighted by atomic mass is 16.5. The lowest BCUT2D eigenvalue weighted by atomic mass is 10.6. The molecule has 10 nitrogen and oxygen atoms in total. The normalized spacial score (nSPS) is 10.6. The number of nitrogens with two attached hydrogens (primary N) is 2. The highest BCUT2D eigenvalue weighted by Gasteiger charge is 2.00. The molecule has 0 spiro atoms. The number of hydrazine groups is 1. The van der Waals surface area contributed by atoms with E-state index in [1.54, 1.807) is 0 Å². The van der Waals surface area contributed by atoms with Gasteiger partial charge in [0.1, 0.15) is 13.2 Å². The second-order valence-corrected chi connectivity index (χ2v) is 4.10. The molecule has 2 amide bonds. The fraction of sp³-hybridized carbons (Fsp3) is 0.833. The molecule has 0 unspecified atom stereocenters. The molecule has 0 rings (SSSR count). The smallest absolute Gasteiger partial charge is 0.246 e. The maximum absolute atomic E-state index is 11.4. The molecule has 0 heterocycles. The molecule has 0 aliphatic heterocycles. The van der Waals surface area contributed by atoms with Crippen molar-refractivity contribution >= 4 is 11.8 Å². The summed E-state index contributed by atoms with van der Waals surface area (Å²) in [5.74, 6) is 4.32. The molecule has 0 fully saturated rings. The van der Waals surface area contributed by atoms with Crippen LogP contribution in [-0.4, -0.2) is 77.8 Å². The minimum absolute atomic E-state index is 0.0276. The Morgan fingerprint density at radius 1 is 0.773 bits per heavy atom. The van der Waals surface area contributed by atoms with E-state index in [1.807, 2.05) is 0 Å². The van der Waals surface area contributed by atoms with E-state index >= 15 is 0 Å². The number of ether oxygens (including phenoxy) is 4. The maximum atomic E-state index is 11.4. The third-order valence-corrected chi connectivity index (χ3v) is 2.18. The van der Waals surface area contributed by atoms with Crippen molar-refractivity contribution in [2.45, 2.75) is 0 Å². The third kappa shape index (κ3) is 16.8. The molecule has 0 bridgehead atoms. The zero-order valence-corrected chi connectivity index (χ0v) is 12.7. The van der Waals surface area contributed by atoms with Crippen molar-refractivity contribution < 1.29 is 28.5 Å². The largest absolute Gasteiger partial charge is 0.378 e. The van der Waals surface area contributed by atoms with Crippen molar-refractivity contribution in [1.29, 1.82) is 0 Å². The first-order valence-electron chi connectivity index (χ1n) is 6.96. The van der Waals surface area contributed by atoms with Gasteiger partial charge in [0.15, 0.2) is 0 Å². The van der Waals surface area contributed by atoms with Gasteiger partial charge < -0.3 is 30.0 Å². The first-order valence-corrected chi connectivity index (χ1v) is 6.96. The van der Waals surface area contributed by atoms with Crippen molar-refractivity contribution in [2.24, 2.45) is 11.6 Å². The van der Waals surface area contributed by atoms with E-state index in [0.717, 1.165) is 0 Å². The molecule has 10 heteroatoms. The Morgan fingerprint density at radius 2 is 1.32 bits per heavy atom. The summed E-state index contributed by atoms with van der Waals surface area (Å²) < 4.78 is 20.3. The van der Waals surface area contributed by atoms with Crippen molar-refractivity contribution in [1.82, 2.24) is 10.7 Å². The molecule has 6 N–H and O–H groups in total. The summed E-state index contributed by atoms with van der Waals surface area (Å²) in [5.41, 5.74) is 7.34. The van der Waals surface area contributed by atoms with E-state index in [-0.39, 0.29) is 25.7 Å². The Hall–Kier alpha value is -1.30. The summed E-state index contributed by atoms with van der Waals surface area (Å²) in [4.78, 5) is 21.7. The highest BCUT2D eigenvalue weighted by molar-refractivity contribution is 5.77. The molecular formula is C12H26N4O6. The molecule has 22 heavy (non-hydrogen) atoms. The summed E-state index contributed by atoms with van der Waals surface area (Å²) in [5, 5.41) is 2.63. The first kappa shape index (κ1) is 20.7. The molecule has 0 saturated carbocycles. The quantitative estimate of drug-likeness (QED) is 0.135. The number of primary amides is 1. The van der Waals surface area contributed by atoms with Crippen LogP contribution in [-0.2, 0) is 28.5 Å². The van der Waals surface area contributed by atoms with Gasteiger partial charge in [0.25, 0.3) is 0 Å². The number of nitrogens with one attached hydrogen (secondary N) is 2. The van der Waals surface area contributed by atoms with Crippen LogP contribution in [0.1, 0.15) is 0 Å². The lowest BCUT2D eigenvalue weighted by Gasteiger charge is -2.08. The highest BCUT2D eigenvalue weighted by Crippen LogP contribution is 1.81. The van der Waals surface area contributed by atoms with Crippen LogP contribution in [0, 0.1) is 0 Å². The van der Waals surface area contributed by atoms with E-state index < -0.39 is 5.91 Å². The summed E-state index contributed by atoms with van der Waals surface area (Å²) in [6.45, 7) is 2.98. The second-order valence-electron chi connectivity index (χ2n) is 4.10. The minimum Gasteiger partial charge on any atom is -0.378 e. The average Bonchev–Trinajstić information content (AvgIpc) is 2.48. The molecular weight excluding hydrogens is 296 g/mol. The van der Waals surface area contributed by atoms with Gasteiger partial charge in [0.05, 0.1) is 39.6 Å². The van der Waals surface area contributed by atoms with Crippen LogP contribution >= 0.6 is 0 Å². The van der Waals surface area contributed by atoms with Crippen molar-refractivity contribution in [2.75, 3.05) is 65.9 Å². The third-order valence-electron chi connectivity index (χ3n) is 2.18. The summed E-state index contributed by atoms with van der Waals surface area (Å²) >= 11 is 0. The van der Waals surface area contributed by atoms with E-state index in [4.69, 9.17) is 30.5 Å². The van der Waals surface area contributed by atoms with Crippen LogP contribution in [0.5, 0.6) is 0 Å². The number of carbonyl (C=O) groups is 2. The van der Waals surface area contributed by atoms with Gasteiger partial charge in [-0.1, -0.05) is 0 Å². The molecule has 0 aromatic heterocycles. The molecule has 0 aromatic carbocycles. The molecule has 0 aliphatic rings. The zero-order chi connectivity index (χ0) is 16.5. The van der Waals surface area contributed by atoms with Crippen LogP contribution in [0.25, 0.3) is 0 Å². The number of carbonyl (C=O) groups excluding carboxylic acids is 2. The number of hydrogen-bond donors (Lipinski definition) is 4. The summed E-state index contributed by atoms with van der Waals surface area (Å²) in [7, 11) is 0. The topological polar surface area (TPSA) is 147 Å². The molecule has 0 aromatic rings. The Balaban J connectivity index is 3.17. The average molecular weight is 322 g/mol. The van der Waals surface area contributed by atoms with Crippen molar-refractivity contribution in [3.8, 4) is 0 Å². The predicted molar refractivity (Wildman–Crippen MR) is 77.7 cm³/mol. The lowest BCUT2D eigenvalue weighted by molar-refractivity contribution is -0.126. The van der Waals surface area contributed by atoms with E-state index in [1.165, 1.54) is 0 Å². The lowest BCUT2D eigenvalue weighted by Crippen LogP contribution is -2.31. The van der Waals surface area contributed by atoms with Crippen LogP contribution in [0.15, 0.2) is 0 Å². The molecule has 0 atom stereocenters. The Kier molecular flexibility index (Phi) is 15.1. The molecule has 0 aliphatic carbocycles. The minimum atomic E-state index is -0.520. The van der Waals surface area contributed by atoms with Crippen LogP contribution in [0.3, 0.4) is 0 Å². The Labute approximate surface area is 129 Å². The van der Waals surface area contributed by atoms with Gasteiger partial charge in [-0.25, -0.2) is 0 Å². The predicted octanol–water partition coefficient (Wildman–Crippen LogP) is -2.88. The van der Waals surface area contributed by atoms with E-state index in [0.29, 0.717) is 46.1 Å². The van der Waals surface area contributed by atoms with Gasteiger partial charge in [0.2, 0.25) is 11.8 Å². The number of rotatable bonds is 16. The zero-order valence-electron chi connectivity index (χ0n) is 12.7. The number of hydrogen-bond acceptors (Lipinski definition) is 8. The Morgan fingerprint density at radius 3 is 1.91 bits per heavy atom. The fourth-order valence-corrected chi connectivity index (χ4v) is 1.22. The van der Waals surface area contributed by atoms with E-state index in [9.17, 15) is 9.59 Å². The molecule has 130 valence electrons. The standard InChI is InChI=1S/C12H26N4O6/c13-11(17)9-21-7-5-19-3-1-15-12(18)10-22-8-6-20-4-2-16-14/h16H,1-10,14H2,(H2,13,17)(H,15,18). The number of amides is 2. The maximum Gasteiger partial charge on any atom is 0.246 e. The summed E-state index contributed by atoms with van der Waals surface area (Å²) in [6, 6.07) is 0.